The van der Waals surface area contributed by atoms with Crippen LogP contribution in [0.2, 0.25) is 5.02 Å². The molecule has 0 heterocycles. The third-order valence-corrected chi connectivity index (χ3v) is 3.56. The third kappa shape index (κ3) is 3.45. The van der Waals surface area contributed by atoms with E-state index in [9.17, 15) is 10.1 Å². The molecule has 0 atom stereocenters. The number of nitro benzene ring substituents is 1. The van der Waals surface area contributed by atoms with Crippen LogP contribution in [-0.2, 0) is 6.61 Å². The summed E-state index contributed by atoms with van der Waals surface area (Å²) >= 11 is 9.14. The fraction of sp³-hybridized carbons (Fsp3) is 0.0769. The van der Waals surface area contributed by atoms with Crippen molar-refractivity contribution in [3.05, 3.63) is 67.6 Å². The SMILES string of the molecule is O=[N+]([O-])c1cc(OCc2ccccc2Br)ccc1Cl. The van der Waals surface area contributed by atoms with Crippen LogP contribution >= 0.6 is 27.5 Å². The van der Waals surface area contributed by atoms with Gasteiger partial charge in [-0.25, -0.2) is 0 Å². The molecule has 2 aromatic rings. The Morgan fingerprint density at radius 3 is 2.68 bits per heavy atom. The minimum atomic E-state index is -0.534. The van der Waals surface area contributed by atoms with Crippen LogP contribution in [0.15, 0.2) is 46.9 Å². The molecule has 0 unspecified atom stereocenters. The van der Waals surface area contributed by atoms with Crippen LogP contribution in [-0.4, -0.2) is 4.92 Å². The molecule has 4 nitrogen and oxygen atoms in total. The fourth-order valence-corrected chi connectivity index (χ4v) is 2.08. The predicted molar refractivity (Wildman–Crippen MR) is 76.6 cm³/mol. The van der Waals surface area contributed by atoms with Gasteiger partial charge in [-0.15, -0.1) is 0 Å². The van der Waals surface area contributed by atoms with Crippen molar-refractivity contribution in [1.82, 2.24) is 0 Å². The highest BCUT2D eigenvalue weighted by Crippen LogP contribution is 2.29. The first-order valence-electron chi connectivity index (χ1n) is 5.38. The first-order chi connectivity index (χ1) is 9.08. The van der Waals surface area contributed by atoms with E-state index in [1.54, 1.807) is 6.07 Å². The van der Waals surface area contributed by atoms with Gasteiger partial charge in [0.05, 0.1) is 11.0 Å². The molecule has 2 rings (SSSR count). The first kappa shape index (κ1) is 13.8. The third-order valence-electron chi connectivity index (χ3n) is 2.47. The Hall–Kier alpha value is -1.59. The molecule has 0 radical (unpaired) electrons. The second-order valence-corrected chi connectivity index (χ2v) is 5.01. The summed E-state index contributed by atoms with van der Waals surface area (Å²) in [6.45, 7) is 0.320. The number of nitro groups is 1. The van der Waals surface area contributed by atoms with Crippen LogP contribution in [0.4, 0.5) is 5.69 Å². The fourth-order valence-electron chi connectivity index (χ4n) is 1.50. The number of halogens is 2. The molecule has 19 heavy (non-hydrogen) atoms. The van der Waals surface area contributed by atoms with E-state index in [1.165, 1.54) is 12.1 Å². The van der Waals surface area contributed by atoms with Crippen LogP contribution in [0.25, 0.3) is 0 Å². The lowest BCUT2D eigenvalue weighted by Crippen LogP contribution is -1.97. The van der Waals surface area contributed by atoms with E-state index >= 15 is 0 Å². The summed E-state index contributed by atoms with van der Waals surface area (Å²) in [6, 6.07) is 12.0. The molecule has 0 spiro atoms. The summed E-state index contributed by atoms with van der Waals surface area (Å²) < 4.78 is 6.45. The highest BCUT2D eigenvalue weighted by atomic mass is 79.9. The van der Waals surface area contributed by atoms with E-state index < -0.39 is 4.92 Å². The van der Waals surface area contributed by atoms with Crippen LogP contribution in [0, 0.1) is 10.1 Å². The van der Waals surface area contributed by atoms with Crippen molar-refractivity contribution >= 4 is 33.2 Å². The van der Waals surface area contributed by atoms with E-state index in [1.807, 2.05) is 24.3 Å². The number of hydrogen-bond acceptors (Lipinski definition) is 3. The second kappa shape index (κ2) is 6.04. The van der Waals surface area contributed by atoms with Gasteiger partial charge in [0.2, 0.25) is 0 Å². The van der Waals surface area contributed by atoms with Crippen molar-refractivity contribution < 1.29 is 9.66 Å². The zero-order valence-electron chi connectivity index (χ0n) is 9.68. The van der Waals surface area contributed by atoms with Gasteiger partial charge in [-0.3, -0.25) is 10.1 Å². The van der Waals surface area contributed by atoms with E-state index in [2.05, 4.69) is 15.9 Å². The second-order valence-electron chi connectivity index (χ2n) is 3.75. The number of ether oxygens (including phenoxy) is 1. The Labute approximate surface area is 123 Å². The number of benzene rings is 2. The number of hydrogen-bond donors (Lipinski definition) is 0. The van der Waals surface area contributed by atoms with Crippen LogP contribution in [0.1, 0.15) is 5.56 Å². The summed E-state index contributed by atoms with van der Waals surface area (Å²) in [6.07, 6.45) is 0. The summed E-state index contributed by atoms with van der Waals surface area (Å²) in [7, 11) is 0. The Kier molecular flexibility index (Phi) is 4.39. The van der Waals surface area contributed by atoms with E-state index in [4.69, 9.17) is 16.3 Å². The number of nitrogens with zero attached hydrogens (tertiary/aromatic N) is 1. The Balaban J connectivity index is 2.14. The maximum atomic E-state index is 10.8. The van der Waals surface area contributed by atoms with Gasteiger partial charge in [0.1, 0.15) is 17.4 Å². The molecule has 0 aliphatic rings. The first-order valence-corrected chi connectivity index (χ1v) is 6.55. The lowest BCUT2D eigenvalue weighted by Gasteiger charge is -2.08. The van der Waals surface area contributed by atoms with Gasteiger partial charge >= 0.3 is 0 Å². The van der Waals surface area contributed by atoms with E-state index in [0.717, 1.165) is 10.0 Å². The maximum Gasteiger partial charge on any atom is 0.291 e. The molecular weight excluding hydrogens is 334 g/mol. The molecule has 0 aliphatic heterocycles. The van der Waals surface area contributed by atoms with Crippen molar-refractivity contribution in [3.63, 3.8) is 0 Å². The normalized spacial score (nSPS) is 10.2. The average molecular weight is 343 g/mol. The van der Waals surface area contributed by atoms with Gasteiger partial charge in [-0.05, 0) is 18.2 Å². The van der Waals surface area contributed by atoms with Gasteiger partial charge in [0, 0.05) is 10.0 Å². The molecular formula is C13H9BrClNO3. The summed E-state index contributed by atoms with van der Waals surface area (Å²) in [5, 5.41) is 10.9. The van der Waals surface area contributed by atoms with Gasteiger partial charge in [-0.1, -0.05) is 45.7 Å². The van der Waals surface area contributed by atoms with Gasteiger partial charge in [0.25, 0.3) is 5.69 Å². The van der Waals surface area contributed by atoms with Crippen LogP contribution in [0.5, 0.6) is 5.75 Å². The summed E-state index contributed by atoms with van der Waals surface area (Å²) in [5.74, 6) is 0.409. The molecule has 0 aliphatic carbocycles. The Morgan fingerprint density at radius 1 is 1.26 bits per heavy atom. The van der Waals surface area contributed by atoms with Crippen molar-refractivity contribution in [2.24, 2.45) is 0 Å². The van der Waals surface area contributed by atoms with Crippen LogP contribution in [0.3, 0.4) is 0 Å². The van der Waals surface area contributed by atoms with E-state index in [-0.39, 0.29) is 10.7 Å². The highest BCUT2D eigenvalue weighted by Gasteiger charge is 2.13. The molecule has 2 aromatic carbocycles. The standard InChI is InChI=1S/C13H9BrClNO3/c14-11-4-2-1-3-9(11)8-19-10-5-6-12(15)13(7-10)16(17)18/h1-7H,8H2. The zero-order valence-corrected chi connectivity index (χ0v) is 12.0. The molecule has 98 valence electrons. The Morgan fingerprint density at radius 2 is 2.00 bits per heavy atom. The quantitative estimate of drug-likeness (QED) is 0.603. The van der Waals surface area contributed by atoms with Gasteiger partial charge in [0.15, 0.2) is 0 Å². The molecule has 0 bridgehead atoms. The maximum absolute atomic E-state index is 10.8. The minimum absolute atomic E-state index is 0.0956. The van der Waals surface area contributed by atoms with Crippen LogP contribution < -0.4 is 4.74 Å². The largest absolute Gasteiger partial charge is 0.489 e. The molecule has 0 amide bonds. The molecule has 6 heteroatoms. The van der Waals surface area contributed by atoms with Crippen molar-refractivity contribution in [1.29, 1.82) is 0 Å². The molecule has 0 fully saturated rings. The molecule has 0 saturated carbocycles. The van der Waals surface area contributed by atoms with E-state index in [0.29, 0.717) is 12.4 Å². The molecule has 0 saturated heterocycles. The van der Waals surface area contributed by atoms with Crippen molar-refractivity contribution in [2.75, 3.05) is 0 Å². The summed E-state index contributed by atoms with van der Waals surface area (Å²) in [4.78, 5) is 10.2. The van der Waals surface area contributed by atoms with Crippen molar-refractivity contribution in [3.8, 4) is 5.75 Å². The number of rotatable bonds is 4. The predicted octanol–water partition coefficient (Wildman–Crippen LogP) is 4.59. The smallest absolute Gasteiger partial charge is 0.291 e. The lowest BCUT2D eigenvalue weighted by atomic mass is 10.2. The minimum Gasteiger partial charge on any atom is -0.489 e. The summed E-state index contributed by atoms with van der Waals surface area (Å²) in [5.41, 5.74) is 0.798. The molecule has 0 N–H and O–H groups in total. The van der Waals surface area contributed by atoms with Gasteiger partial charge < -0.3 is 4.74 Å². The topological polar surface area (TPSA) is 52.4 Å². The Bertz CT molecular complexity index is 619. The average Bonchev–Trinajstić information content (AvgIpc) is 2.39. The van der Waals surface area contributed by atoms with Gasteiger partial charge in [-0.2, -0.15) is 0 Å². The highest BCUT2D eigenvalue weighted by molar-refractivity contribution is 9.10. The van der Waals surface area contributed by atoms with Crippen molar-refractivity contribution in [2.45, 2.75) is 6.61 Å². The monoisotopic (exact) mass is 341 g/mol. The zero-order chi connectivity index (χ0) is 13.8. The lowest BCUT2D eigenvalue weighted by molar-refractivity contribution is -0.384. The molecule has 0 aromatic heterocycles.